The number of benzene rings is 3. The molecule has 2 amide bonds. The van der Waals surface area contributed by atoms with Crippen molar-refractivity contribution in [1.29, 1.82) is 0 Å². The predicted octanol–water partition coefficient (Wildman–Crippen LogP) is 4.99. The van der Waals surface area contributed by atoms with Gasteiger partial charge >= 0.3 is 0 Å². The van der Waals surface area contributed by atoms with Crippen molar-refractivity contribution in [2.24, 2.45) is 0 Å². The average molecular weight is 550 g/mol. The predicted molar refractivity (Wildman–Crippen MR) is 156 cm³/mol. The normalized spacial score (nSPS) is 12.1. The molecule has 208 valence electrons. The molecule has 3 aromatic carbocycles. The van der Waals surface area contributed by atoms with Crippen molar-refractivity contribution in [3.8, 4) is 0 Å². The number of carbonyl (C=O) groups is 2. The maximum Gasteiger partial charge on any atom is 0.264 e. The van der Waals surface area contributed by atoms with Crippen molar-refractivity contribution < 1.29 is 18.0 Å². The Morgan fingerprint density at radius 2 is 1.44 bits per heavy atom. The first-order valence-electron chi connectivity index (χ1n) is 13.5. The third kappa shape index (κ3) is 7.69. The van der Waals surface area contributed by atoms with Crippen LogP contribution in [-0.2, 0) is 26.0 Å². The van der Waals surface area contributed by atoms with Gasteiger partial charge in [0.05, 0.1) is 10.6 Å². The Labute approximate surface area is 232 Å². The Hall–Kier alpha value is -3.65. The standard InChI is InChI=1S/C31H39N3O4S/c1-5-29(31(36)32-6-2)33(22-21-25-13-9-7-10-14-25)30(35)23-34(27-19-17-26(18-20-27)24(3)4)39(37,38)28-15-11-8-12-16-28/h7-20,24,29H,5-6,21-23H2,1-4H3,(H,32,36). The second-order valence-electron chi connectivity index (χ2n) is 9.71. The minimum Gasteiger partial charge on any atom is -0.355 e. The fraction of sp³-hybridized carbons (Fsp3) is 0.355. The van der Waals surface area contributed by atoms with Gasteiger partial charge in [0.15, 0.2) is 0 Å². The maximum atomic E-state index is 14.0. The topological polar surface area (TPSA) is 86.8 Å². The molecule has 1 unspecified atom stereocenters. The van der Waals surface area contributed by atoms with E-state index in [9.17, 15) is 18.0 Å². The Kier molecular flexibility index (Phi) is 10.7. The number of nitrogens with zero attached hydrogens (tertiary/aromatic N) is 2. The summed E-state index contributed by atoms with van der Waals surface area (Å²) in [6, 6.07) is 24.3. The van der Waals surface area contributed by atoms with Crippen LogP contribution in [0.1, 0.15) is 51.2 Å². The highest BCUT2D eigenvalue weighted by atomic mass is 32.2. The molecule has 0 spiro atoms. The Morgan fingerprint density at radius 3 is 1.97 bits per heavy atom. The van der Waals surface area contributed by atoms with Crippen LogP contribution in [0.3, 0.4) is 0 Å². The van der Waals surface area contributed by atoms with Gasteiger partial charge in [0, 0.05) is 13.1 Å². The van der Waals surface area contributed by atoms with Crippen molar-refractivity contribution in [2.45, 2.75) is 57.4 Å². The summed E-state index contributed by atoms with van der Waals surface area (Å²) < 4.78 is 28.8. The van der Waals surface area contributed by atoms with E-state index in [1.807, 2.05) is 56.3 Å². The van der Waals surface area contributed by atoms with Crippen LogP contribution in [0, 0.1) is 0 Å². The molecule has 8 heteroatoms. The van der Waals surface area contributed by atoms with Gasteiger partial charge in [-0.3, -0.25) is 13.9 Å². The number of carbonyl (C=O) groups excluding carboxylic acids is 2. The van der Waals surface area contributed by atoms with Crippen LogP contribution < -0.4 is 9.62 Å². The monoisotopic (exact) mass is 549 g/mol. The number of anilines is 1. The molecule has 0 aliphatic carbocycles. The molecule has 0 bridgehead atoms. The van der Waals surface area contributed by atoms with E-state index in [4.69, 9.17) is 0 Å². The molecule has 0 heterocycles. The molecule has 0 fully saturated rings. The molecule has 0 aliphatic heterocycles. The summed E-state index contributed by atoms with van der Waals surface area (Å²) in [6.45, 7) is 8.10. The SMILES string of the molecule is CCNC(=O)C(CC)N(CCc1ccccc1)C(=O)CN(c1ccc(C(C)C)cc1)S(=O)(=O)c1ccccc1. The van der Waals surface area contributed by atoms with E-state index in [-0.39, 0.29) is 23.3 Å². The molecule has 7 nitrogen and oxygen atoms in total. The Bertz CT molecular complexity index is 1310. The van der Waals surface area contributed by atoms with Crippen molar-refractivity contribution >= 4 is 27.5 Å². The molecule has 0 aliphatic rings. The number of nitrogens with one attached hydrogen (secondary N) is 1. The van der Waals surface area contributed by atoms with E-state index >= 15 is 0 Å². The minimum atomic E-state index is -4.06. The zero-order valence-electron chi connectivity index (χ0n) is 23.2. The number of hydrogen-bond donors (Lipinski definition) is 1. The Morgan fingerprint density at radius 1 is 0.846 bits per heavy atom. The van der Waals surface area contributed by atoms with Crippen LogP contribution in [0.2, 0.25) is 0 Å². The van der Waals surface area contributed by atoms with Gasteiger partial charge in [-0.1, -0.05) is 81.4 Å². The highest BCUT2D eigenvalue weighted by Crippen LogP contribution is 2.26. The van der Waals surface area contributed by atoms with E-state index in [2.05, 4.69) is 19.2 Å². The number of rotatable bonds is 13. The van der Waals surface area contributed by atoms with Crippen LogP contribution in [-0.4, -0.2) is 50.8 Å². The fourth-order valence-corrected chi connectivity index (χ4v) is 5.90. The average Bonchev–Trinajstić information content (AvgIpc) is 2.95. The summed E-state index contributed by atoms with van der Waals surface area (Å²) in [5.74, 6) is -0.410. The molecule has 0 aromatic heterocycles. The molecule has 0 saturated heterocycles. The van der Waals surface area contributed by atoms with Gasteiger partial charge in [-0.05, 0) is 61.1 Å². The van der Waals surface area contributed by atoms with Crippen LogP contribution >= 0.6 is 0 Å². The summed E-state index contributed by atoms with van der Waals surface area (Å²) in [5.41, 5.74) is 2.48. The van der Waals surface area contributed by atoms with Gasteiger partial charge in [-0.25, -0.2) is 8.42 Å². The third-order valence-electron chi connectivity index (χ3n) is 6.68. The van der Waals surface area contributed by atoms with Crippen molar-refractivity contribution in [1.82, 2.24) is 10.2 Å². The van der Waals surface area contributed by atoms with E-state index in [1.54, 1.807) is 30.3 Å². The largest absolute Gasteiger partial charge is 0.355 e. The first-order chi connectivity index (χ1) is 18.7. The molecule has 3 rings (SSSR count). The van der Waals surface area contributed by atoms with E-state index in [0.717, 1.165) is 15.4 Å². The quantitative estimate of drug-likeness (QED) is 0.325. The van der Waals surface area contributed by atoms with Crippen molar-refractivity contribution in [3.05, 3.63) is 96.1 Å². The molecule has 0 radical (unpaired) electrons. The molecule has 0 saturated carbocycles. The van der Waals surface area contributed by atoms with Crippen LogP contribution in [0.4, 0.5) is 5.69 Å². The van der Waals surface area contributed by atoms with Crippen molar-refractivity contribution in [3.63, 3.8) is 0 Å². The van der Waals surface area contributed by atoms with Crippen molar-refractivity contribution in [2.75, 3.05) is 23.9 Å². The lowest BCUT2D eigenvalue weighted by Gasteiger charge is -2.33. The highest BCUT2D eigenvalue weighted by molar-refractivity contribution is 7.92. The van der Waals surface area contributed by atoms with Crippen LogP contribution in [0.5, 0.6) is 0 Å². The molecular weight excluding hydrogens is 510 g/mol. The lowest BCUT2D eigenvalue weighted by atomic mass is 10.0. The minimum absolute atomic E-state index is 0.0948. The fourth-order valence-electron chi connectivity index (χ4n) is 4.46. The summed E-state index contributed by atoms with van der Waals surface area (Å²) in [5, 5.41) is 2.82. The van der Waals surface area contributed by atoms with E-state index in [0.29, 0.717) is 25.1 Å². The van der Waals surface area contributed by atoms with Gasteiger partial charge in [-0.2, -0.15) is 0 Å². The van der Waals surface area contributed by atoms with Crippen LogP contribution in [0.25, 0.3) is 0 Å². The summed E-state index contributed by atoms with van der Waals surface area (Å²) in [6.07, 6.45) is 0.942. The number of likely N-dealkylation sites (N-methyl/N-ethyl adjacent to an activating group) is 1. The number of hydrogen-bond acceptors (Lipinski definition) is 4. The molecule has 3 aromatic rings. The molecule has 1 N–H and O–H groups in total. The van der Waals surface area contributed by atoms with Gasteiger partial charge in [0.2, 0.25) is 11.8 Å². The highest BCUT2D eigenvalue weighted by Gasteiger charge is 2.33. The number of sulfonamides is 1. The zero-order valence-corrected chi connectivity index (χ0v) is 24.0. The lowest BCUT2D eigenvalue weighted by molar-refractivity contribution is -0.139. The summed E-state index contributed by atoms with van der Waals surface area (Å²) in [4.78, 5) is 28.5. The van der Waals surface area contributed by atoms with Crippen LogP contribution in [0.15, 0.2) is 89.8 Å². The summed E-state index contributed by atoms with van der Waals surface area (Å²) >= 11 is 0. The van der Waals surface area contributed by atoms with E-state index in [1.165, 1.54) is 17.0 Å². The first kappa shape index (κ1) is 29.9. The second kappa shape index (κ2) is 13.9. The molecular formula is C31H39N3O4S. The smallest absolute Gasteiger partial charge is 0.264 e. The van der Waals surface area contributed by atoms with E-state index < -0.39 is 28.5 Å². The lowest BCUT2D eigenvalue weighted by Crippen LogP contribution is -2.53. The van der Waals surface area contributed by atoms with Gasteiger partial charge in [0.1, 0.15) is 12.6 Å². The van der Waals surface area contributed by atoms with Gasteiger partial charge in [0.25, 0.3) is 10.0 Å². The second-order valence-corrected chi connectivity index (χ2v) is 11.6. The Balaban J connectivity index is 2.00. The van der Waals surface area contributed by atoms with Gasteiger partial charge < -0.3 is 10.2 Å². The third-order valence-corrected chi connectivity index (χ3v) is 8.47. The van der Waals surface area contributed by atoms with Gasteiger partial charge in [-0.15, -0.1) is 0 Å². The maximum absolute atomic E-state index is 14.0. The molecule has 1 atom stereocenters. The number of amides is 2. The summed E-state index contributed by atoms with van der Waals surface area (Å²) in [7, 11) is -4.06. The first-order valence-corrected chi connectivity index (χ1v) is 14.9. The zero-order chi connectivity index (χ0) is 28.4. The molecule has 39 heavy (non-hydrogen) atoms.